The summed E-state index contributed by atoms with van der Waals surface area (Å²) < 4.78 is 73.9. The number of aryl methyl sites for hydroxylation is 3. The fourth-order valence-electron chi connectivity index (χ4n) is 3.48. The molecule has 0 bridgehead atoms. The number of alkyl halides is 2. The average molecular weight is 477 g/mol. The molecular weight excluding hydrogens is 457 g/mol. The number of nitrogens with zero attached hydrogens (tertiary/aromatic N) is 1. The van der Waals surface area contributed by atoms with Gasteiger partial charge in [0.15, 0.2) is 17.5 Å². The molecule has 0 N–H and O–H groups in total. The zero-order chi connectivity index (χ0) is 23.6. The Kier molecular flexibility index (Phi) is 6.65. The lowest BCUT2D eigenvalue weighted by molar-refractivity contribution is -0.185. The maximum Gasteiger partial charge on any atom is 0.454 e. The molecule has 4 rings (SSSR count). The van der Waals surface area contributed by atoms with E-state index in [-0.39, 0.29) is 0 Å². The third kappa shape index (κ3) is 5.33. The van der Waals surface area contributed by atoms with Crippen LogP contribution >= 0.6 is 11.3 Å². The van der Waals surface area contributed by atoms with Crippen molar-refractivity contribution in [2.75, 3.05) is 0 Å². The quantitative estimate of drug-likeness (QED) is 0.193. The number of benzene rings is 3. The van der Waals surface area contributed by atoms with E-state index in [1.54, 1.807) is 12.1 Å². The topological polar surface area (TPSA) is 22.1 Å². The minimum Gasteiger partial charge on any atom is -0.427 e. The van der Waals surface area contributed by atoms with Gasteiger partial charge in [-0.05, 0) is 48.1 Å². The van der Waals surface area contributed by atoms with Crippen molar-refractivity contribution in [3.8, 4) is 5.75 Å². The summed E-state index contributed by atoms with van der Waals surface area (Å²) >= 11 is 0.731. The Morgan fingerprint density at radius 3 is 2.03 bits per heavy atom. The lowest BCUT2D eigenvalue weighted by Gasteiger charge is -2.15. The number of rotatable bonds is 8. The van der Waals surface area contributed by atoms with Crippen LogP contribution in [-0.4, -0.2) is 4.98 Å². The van der Waals surface area contributed by atoms with Gasteiger partial charge >= 0.3 is 6.11 Å². The minimum atomic E-state index is -3.94. The summed E-state index contributed by atoms with van der Waals surface area (Å²) in [4.78, 5) is 3.91. The van der Waals surface area contributed by atoms with Crippen LogP contribution < -0.4 is 4.74 Å². The Morgan fingerprint density at radius 1 is 0.818 bits per heavy atom. The molecule has 1 heterocycles. The summed E-state index contributed by atoms with van der Waals surface area (Å²) in [6, 6.07) is 14.5. The number of aromatic nitrogens is 1. The maximum atomic E-state index is 14.6. The summed E-state index contributed by atoms with van der Waals surface area (Å²) in [5.41, 5.74) is 3.83. The molecule has 0 spiro atoms. The first-order valence-corrected chi connectivity index (χ1v) is 11.3. The molecule has 172 valence electrons. The van der Waals surface area contributed by atoms with Crippen molar-refractivity contribution < 1.29 is 26.7 Å². The van der Waals surface area contributed by atoms with Gasteiger partial charge in [-0.25, -0.2) is 18.2 Å². The van der Waals surface area contributed by atoms with Crippen LogP contribution in [0.15, 0.2) is 54.6 Å². The number of fused-ring (bicyclic) bond motifs is 1. The van der Waals surface area contributed by atoms with Gasteiger partial charge in [0.25, 0.3) is 0 Å². The van der Waals surface area contributed by atoms with Gasteiger partial charge in [-0.1, -0.05) is 43.7 Å². The van der Waals surface area contributed by atoms with Crippen molar-refractivity contribution in [2.45, 2.75) is 38.7 Å². The predicted octanol–water partition coefficient (Wildman–Crippen LogP) is 7.58. The molecule has 0 radical (unpaired) electrons. The Morgan fingerprint density at radius 2 is 1.39 bits per heavy atom. The average Bonchev–Trinajstić information content (AvgIpc) is 3.21. The third-order valence-corrected chi connectivity index (χ3v) is 6.24. The van der Waals surface area contributed by atoms with Crippen LogP contribution in [-0.2, 0) is 25.4 Å². The highest BCUT2D eigenvalue weighted by Crippen LogP contribution is 2.37. The number of hydrogen-bond acceptors (Lipinski definition) is 3. The van der Waals surface area contributed by atoms with E-state index in [4.69, 9.17) is 0 Å². The van der Waals surface area contributed by atoms with Crippen molar-refractivity contribution in [1.29, 1.82) is 0 Å². The first-order chi connectivity index (χ1) is 15.7. The number of ether oxygens (including phenoxy) is 1. The second-order valence-electron chi connectivity index (χ2n) is 7.71. The van der Waals surface area contributed by atoms with Gasteiger partial charge in [-0.15, -0.1) is 11.3 Å². The fourth-order valence-corrected chi connectivity index (χ4v) is 4.42. The SMILES string of the molecule is CCCc1ccc(CCc2ccc3nc(C(F)(F)Oc4cc(F)c(F)c(F)c4)sc3c2)cc1. The molecule has 0 aliphatic carbocycles. The van der Waals surface area contributed by atoms with Gasteiger partial charge in [0, 0.05) is 12.1 Å². The van der Waals surface area contributed by atoms with E-state index in [2.05, 4.69) is 40.9 Å². The van der Waals surface area contributed by atoms with Gasteiger partial charge < -0.3 is 4.74 Å². The summed E-state index contributed by atoms with van der Waals surface area (Å²) in [5.74, 6) is -5.82. The van der Waals surface area contributed by atoms with E-state index in [0.29, 0.717) is 22.3 Å². The summed E-state index contributed by atoms with van der Waals surface area (Å²) in [7, 11) is 0. The van der Waals surface area contributed by atoms with Gasteiger partial charge in [-0.3, -0.25) is 0 Å². The van der Waals surface area contributed by atoms with Crippen LogP contribution in [0.25, 0.3) is 10.2 Å². The molecule has 3 aromatic carbocycles. The normalized spacial score (nSPS) is 11.8. The zero-order valence-electron chi connectivity index (χ0n) is 17.7. The summed E-state index contributed by atoms with van der Waals surface area (Å²) in [6.07, 6.45) is -0.259. The highest BCUT2D eigenvalue weighted by molar-refractivity contribution is 7.18. The second kappa shape index (κ2) is 9.47. The molecular formula is C25H20F5NOS. The fraction of sp³-hybridized carbons (Fsp3) is 0.240. The van der Waals surface area contributed by atoms with Gasteiger partial charge in [0.1, 0.15) is 5.75 Å². The van der Waals surface area contributed by atoms with Gasteiger partial charge in [-0.2, -0.15) is 8.78 Å². The zero-order valence-corrected chi connectivity index (χ0v) is 18.5. The van der Waals surface area contributed by atoms with E-state index in [1.807, 2.05) is 6.07 Å². The van der Waals surface area contributed by atoms with E-state index in [1.165, 1.54) is 11.1 Å². The first-order valence-electron chi connectivity index (χ1n) is 10.4. The predicted molar refractivity (Wildman–Crippen MR) is 118 cm³/mol. The van der Waals surface area contributed by atoms with Crippen molar-refractivity contribution in [1.82, 2.24) is 4.98 Å². The van der Waals surface area contributed by atoms with Crippen LogP contribution in [0.3, 0.4) is 0 Å². The minimum absolute atomic E-state index is 0.363. The van der Waals surface area contributed by atoms with E-state index in [9.17, 15) is 22.0 Å². The van der Waals surface area contributed by atoms with Gasteiger partial charge in [0.05, 0.1) is 10.2 Å². The highest BCUT2D eigenvalue weighted by Gasteiger charge is 2.39. The second-order valence-corrected chi connectivity index (χ2v) is 8.74. The molecule has 1 aromatic heterocycles. The first kappa shape index (κ1) is 23.2. The number of thiazole rings is 1. The molecule has 0 aliphatic heterocycles. The van der Waals surface area contributed by atoms with Crippen LogP contribution in [0.4, 0.5) is 22.0 Å². The van der Waals surface area contributed by atoms with Crippen molar-refractivity contribution in [2.24, 2.45) is 0 Å². The van der Waals surface area contributed by atoms with E-state index < -0.39 is 34.3 Å². The third-order valence-electron chi connectivity index (χ3n) is 5.17. The Balaban J connectivity index is 1.48. The van der Waals surface area contributed by atoms with E-state index in [0.717, 1.165) is 42.6 Å². The van der Waals surface area contributed by atoms with Crippen molar-refractivity contribution >= 4 is 21.6 Å². The highest BCUT2D eigenvalue weighted by atomic mass is 32.1. The molecule has 0 unspecified atom stereocenters. The Labute approximate surface area is 191 Å². The van der Waals surface area contributed by atoms with Crippen LogP contribution in [0.1, 0.15) is 35.0 Å². The molecule has 0 aliphatic rings. The van der Waals surface area contributed by atoms with Crippen LogP contribution in [0.5, 0.6) is 5.75 Å². The number of halogens is 5. The van der Waals surface area contributed by atoms with Crippen molar-refractivity contribution in [3.05, 3.63) is 93.7 Å². The molecule has 0 saturated heterocycles. The molecule has 0 saturated carbocycles. The number of hydrogen-bond donors (Lipinski definition) is 0. The Hall–Kier alpha value is -3.00. The summed E-state index contributed by atoms with van der Waals surface area (Å²) in [5, 5.41) is -0.661. The van der Waals surface area contributed by atoms with Crippen molar-refractivity contribution in [3.63, 3.8) is 0 Å². The van der Waals surface area contributed by atoms with Crippen LogP contribution in [0.2, 0.25) is 0 Å². The molecule has 0 fully saturated rings. The van der Waals surface area contributed by atoms with E-state index >= 15 is 0 Å². The molecule has 4 aromatic rings. The Bertz CT molecular complexity index is 1250. The van der Waals surface area contributed by atoms with Gasteiger partial charge in [0.2, 0.25) is 5.01 Å². The maximum absolute atomic E-state index is 14.6. The standard InChI is InChI=1S/C25H20F5NOS/c1-2-3-15-4-6-16(7-5-15)8-9-17-10-11-21-22(12-17)33-24(31-21)25(29,30)32-18-13-19(26)23(28)20(27)14-18/h4-7,10-14H,2-3,8-9H2,1H3. The molecule has 8 heteroatoms. The monoisotopic (exact) mass is 477 g/mol. The van der Waals surface area contributed by atoms with Crippen LogP contribution in [0, 0.1) is 17.5 Å². The lowest BCUT2D eigenvalue weighted by Crippen LogP contribution is -2.21. The molecule has 0 atom stereocenters. The summed E-state index contributed by atoms with van der Waals surface area (Å²) in [6.45, 7) is 2.14. The lowest BCUT2D eigenvalue weighted by atomic mass is 10.0. The molecule has 2 nitrogen and oxygen atoms in total. The molecule has 0 amide bonds. The molecule has 33 heavy (non-hydrogen) atoms. The largest absolute Gasteiger partial charge is 0.454 e. The smallest absolute Gasteiger partial charge is 0.427 e.